The van der Waals surface area contributed by atoms with Crippen LogP contribution in [0.15, 0.2) is 12.1 Å². The van der Waals surface area contributed by atoms with Gasteiger partial charge < -0.3 is 52.1 Å². The van der Waals surface area contributed by atoms with E-state index in [1.54, 1.807) is 14.2 Å². The molecule has 0 unspecified atom stereocenters. The Balaban J connectivity index is 2.62. The molecule has 0 fully saturated rings. The van der Waals surface area contributed by atoms with Crippen molar-refractivity contribution in [3.05, 3.63) is 17.7 Å². The minimum Gasteiger partial charge on any atom is -0.487 e. The van der Waals surface area contributed by atoms with Crippen molar-refractivity contribution in [1.29, 1.82) is 0 Å². The summed E-state index contributed by atoms with van der Waals surface area (Å²) in [4.78, 5) is 0. The number of benzene rings is 1. The Kier molecular flexibility index (Phi) is 24.8. The van der Waals surface area contributed by atoms with Gasteiger partial charge in [-0.1, -0.05) is 15.9 Å². The molecule has 0 spiro atoms. The third-order valence-corrected chi connectivity index (χ3v) is 5.51. The second-order valence-electron chi connectivity index (χ2n) is 7.84. The molecule has 0 aliphatic heterocycles. The van der Waals surface area contributed by atoms with E-state index >= 15 is 0 Å². The first kappa shape index (κ1) is 35.8. The van der Waals surface area contributed by atoms with Crippen molar-refractivity contribution >= 4 is 15.9 Å². The molecular weight excluding hydrogens is 580 g/mol. The molecule has 0 aromatic heterocycles. The molecular formula is C27H47BrO11. The second kappa shape index (κ2) is 27.0. The number of methoxy groups -OCH3 is 2. The van der Waals surface area contributed by atoms with Crippen molar-refractivity contribution in [2.45, 2.75) is 12.3 Å². The lowest BCUT2D eigenvalue weighted by Crippen LogP contribution is -2.15. The summed E-state index contributed by atoms with van der Waals surface area (Å²) < 4.78 is 60.9. The second-order valence-corrected chi connectivity index (χ2v) is 8.41. The van der Waals surface area contributed by atoms with Crippen LogP contribution in [0.25, 0.3) is 0 Å². The van der Waals surface area contributed by atoms with Crippen LogP contribution in [0.5, 0.6) is 17.2 Å². The van der Waals surface area contributed by atoms with Crippen molar-refractivity contribution in [3.8, 4) is 17.2 Å². The smallest absolute Gasteiger partial charge is 0.203 e. The molecule has 1 aromatic rings. The molecule has 0 N–H and O–H groups in total. The fourth-order valence-electron chi connectivity index (χ4n) is 2.98. The van der Waals surface area contributed by atoms with Crippen molar-refractivity contribution in [3.63, 3.8) is 0 Å². The zero-order chi connectivity index (χ0) is 28.2. The molecule has 1 rings (SSSR count). The van der Waals surface area contributed by atoms with E-state index in [1.807, 2.05) is 19.1 Å². The summed E-state index contributed by atoms with van der Waals surface area (Å²) in [5.74, 6) is 1.66. The third-order valence-electron chi connectivity index (χ3n) is 4.86. The molecule has 0 saturated heterocycles. The first-order chi connectivity index (χ1) is 19.3. The summed E-state index contributed by atoms with van der Waals surface area (Å²) in [6, 6.07) is 3.85. The van der Waals surface area contributed by atoms with Gasteiger partial charge in [-0.25, -0.2) is 0 Å². The van der Waals surface area contributed by atoms with Crippen LogP contribution in [0, 0.1) is 0 Å². The van der Waals surface area contributed by atoms with Crippen molar-refractivity contribution < 1.29 is 52.1 Å². The van der Waals surface area contributed by atoms with Gasteiger partial charge in [-0.05, 0) is 24.6 Å². The van der Waals surface area contributed by atoms with Crippen molar-refractivity contribution in [2.75, 3.05) is 127 Å². The summed E-state index contributed by atoms with van der Waals surface area (Å²) in [6.45, 7) is 10.1. The Bertz CT molecular complexity index is 638. The summed E-state index contributed by atoms with van der Waals surface area (Å²) in [5, 5.41) is 0.630. The number of alkyl halides is 1. The number of rotatable bonds is 29. The SMILES string of the molecule is CCOCCOCCOc1c(OCCOCCOCCOC)cc(CBr)cc1OCCOCCOCCOC. The highest BCUT2D eigenvalue weighted by Gasteiger charge is 2.16. The largest absolute Gasteiger partial charge is 0.487 e. The first-order valence-corrected chi connectivity index (χ1v) is 14.4. The van der Waals surface area contributed by atoms with Gasteiger partial charge in [0.05, 0.1) is 85.9 Å². The van der Waals surface area contributed by atoms with E-state index in [0.717, 1.165) is 5.56 Å². The van der Waals surface area contributed by atoms with Gasteiger partial charge in [0.15, 0.2) is 11.5 Å². The summed E-state index contributed by atoms with van der Waals surface area (Å²) >= 11 is 3.52. The van der Waals surface area contributed by atoms with Crippen LogP contribution in [0.1, 0.15) is 12.5 Å². The summed E-state index contributed by atoms with van der Waals surface area (Å²) in [5.41, 5.74) is 0.986. The molecule has 0 atom stereocenters. The van der Waals surface area contributed by atoms with Crippen LogP contribution in [-0.2, 0) is 43.2 Å². The molecule has 228 valence electrons. The van der Waals surface area contributed by atoms with Crippen LogP contribution in [0.3, 0.4) is 0 Å². The first-order valence-electron chi connectivity index (χ1n) is 13.3. The predicted molar refractivity (Wildman–Crippen MR) is 150 cm³/mol. The van der Waals surface area contributed by atoms with Crippen LogP contribution >= 0.6 is 15.9 Å². The van der Waals surface area contributed by atoms with Gasteiger partial charge in [0.25, 0.3) is 0 Å². The average Bonchev–Trinajstić information content (AvgIpc) is 2.95. The number of hydrogen-bond acceptors (Lipinski definition) is 11. The molecule has 0 aliphatic carbocycles. The quantitative estimate of drug-likeness (QED) is 0.0968. The van der Waals surface area contributed by atoms with E-state index in [4.69, 9.17) is 52.1 Å². The maximum Gasteiger partial charge on any atom is 0.203 e. The Labute approximate surface area is 241 Å². The lowest BCUT2D eigenvalue weighted by molar-refractivity contribution is 0.0165. The fourth-order valence-corrected chi connectivity index (χ4v) is 3.31. The van der Waals surface area contributed by atoms with E-state index in [1.165, 1.54) is 0 Å². The molecule has 0 heterocycles. The molecule has 12 heteroatoms. The molecule has 0 amide bonds. The summed E-state index contributed by atoms with van der Waals surface area (Å²) in [7, 11) is 3.28. The normalized spacial score (nSPS) is 11.2. The third kappa shape index (κ3) is 19.5. The Hall–Kier alpha value is -1.22. The number of halogens is 1. The van der Waals surface area contributed by atoms with Crippen LogP contribution in [0.2, 0.25) is 0 Å². The average molecular weight is 628 g/mol. The fraction of sp³-hybridized carbons (Fsp3) is 0.778. The van der Waals surface area contributed by atoms with E-state index in [0.29, 0.717) is 135 Å². The highest BCUT2D eigenvalue weighted by atomic mass is 79.9. The Morgan fingerprint density at radius 2 is 0.846 bits per heavy atom. The molecule has 0 saturated carbocycles. The molecule has 0 aliphatic rings. The highest BCUT2D eigenvalue weighted by molar-refractivity contribution is 9.08. The Morgan fingerprint density at radius 3 is 1.23 bits per heavy atom. The van der Waals surface area contributed by atoms with Gasteiger partial charge in [-0.2, -0.15) is 0 Å². The van der Waals surface area contributed by atoms with E-state index in [2.05, 4.69) is 15.9 Å². The van der Waals surface area contributed by atoms with Crippen LogP contribution in [-0.4, -0.2) is 127 Å². The molecule has 39 heavy (non-hydrogen) atoms. The maximum absolute atomic E-state index is 6.06. The van der Waals surface area contributed by atoms with E-state index in [-0.39, 0.29) is 0 Å². The van der Waals surface area contributed by atoms with Crippen LogP contribution in [0.4, 0.5) is 0 Å². The molecule has 0 bridgehead atoms. The van der Waals surface area contributed by atoms with Gasteiger partial charge in [0, 0.05) is 26.2 Å². The monoisotopic (exact) mass is 626 g/mol. The van der Waals surface area contributed by atoms with Gasteiger partial charge >= 0.3 is 0 Å². The molecule has 11 nitrogen and oxygen atoms in total. The van der Waals surface area contributed by atoms with Gasteiger partial charge in [0.1, 0.15) is 19.8 Å². The topological polar surface area (TPSA) is 102 Å². The maximum atomic E-state index is 6.06. The predicted octanol–water partition coefficient (Wildman–Crippen LogP) is 3.13. The van der Waals surface area contributed by atoms with Crippen molar-refractivity contribution in [1.82, 2.24) is 0 Å². The zero-order valence-electron chi connectivity index (χ0n) is 23.8. The van der Waals surface area contributed by atoms with Gasteiger partial charge in [-0.15, -0.1) is 0 Å². The van der Waals surface area contributed by atoms with Gasteiger partial charge in [-0.3, -0.25) is 0 Å². The van der Waals surface area contributed by atoms with E-state index < -0.39 is 0 Å². The minimum absolute atomic E-state index is 0.330. The zero-order valence-corrected chi connectivity index (χ0v) is 25.3. The number of ether oxygens (including phenoxy) is 11. The van der Waals surface area contributed by atoms with Crippen LogP contribution < -0.4 is 14.2 Å². The minimum atomic E-state index is 0.330. The number of hydrogen-bond donors (Lipinski definition) is 0. The lowest BCUT2D eigenvalue weighted by atomic mass is 10.2. The standard InChI is InChI=1S/C27H47BrO11/c1-4-31-9-10-34-17-20-39-27-25(37-18-15-35-13-11-32-7-5-29-2)21-24(23-28)22-26(27)38-19-16-36-14-12-33-8-6-30-3/h21-22H,4-20,23H2,1-3H3. The van der Waals surface area contributed by atoms with E-state index in [9.17, 15) is 0 Å². The molecule has 0 radical (unpaired) electrons. The van der Waals surface area contributed by atoms with Gasteiger partial charge in [0.2, 0.25) is 5.75 Å². The lowest BCUT2D eigenvalue weighted by Gasteiger charge is -2.18. The van der Waals surface area contributed by atoms with Crippen molar-refractivity contribution in [2.24, 2.45) is 0 Å². The molecule has 1 aromatic carbocycles. The summed E-state index contributed by atoms with van der Waals surface area (Å²) in [6.07, 6.45) is 0. The Morgan fingerprint density at radius 1 is 0.487 bits per heavy atom. The highest BCUT2D eigenvalue weighted by Crippen LogP contribution is 2.39.